The van der Waals surface area contributed by atoms with E-state index in [0.29, 0.717) is 17.7 Å². The number of hydrogen-bond donors (Lipinski definition) is 1. The lowest BCUT2D eigenvalue weighted by atomic mass is 10.3. The molecule has 2 N–H and O–H groups in total. The second-order valence-corrected chi connectivity index (χ2v) is 6.04. The zero-order valence-electron chi connectivity index (χ0n) is 10.1. The van der Waals surface area contributed by atoms with Crippen LogP contribution in [0.25, 0.3) is 0 Å². The van der Waals surface area contributed by atoms with E-state index in [-0.39, 0.29) is 17.3 Å². The van der Waals surface area contributed by atoms with Crippen molar-refractivity contribution in [3.8, 4) is 5.75 Å². The Balaban J connectivity index is 2.71. The quantitative estimate of drug-likeness (QED) is 0.770. The molecule has 1 aromatic rings. The van der Waals surface area contributed by atoms with Crippen LogP contribution >= 0.6 is 15.9 Å². The third kappa shape index (κ3) is 4.93. The van der Waals surface area contributed by atoms with Crippen LogP contribution in [0.4, 0.5) is 0 Å². The van der Waals surface area contributed by atoms with Gasteiger partial charge in [-0.3, -0.25) is 0 Å². The summed E-state index contributed by atoms with van der Waals surface area (Å²) in [5.74, 6) is 0.237. The van der Waals surface area contributed by atoms with Gasteiger partial charge in [-0.1, -0.05) is 22.9 Å². The monoisotopic (exact) mass is 337 g/mol. The average molecular weight is 338 g/mol. The number of halogens is 1. The fraction of sp³-hybridized carbons (Fsp3) is 0.455. The van der Waals surface area contributed by atoms with E-state index in [1.165, 1.54) is 6.07 Å². The van der Waals surface area contributed by atoms with Gasteiger partial charge in [0.15, 0.2) is 0 Å². The Kier molecular flexibility index (Phi) is 6.07. The van der Waals surface area contributed by atoms with Crippen LogP contribution in [0, 0.1) is 0 Å². The molecule has 0 aliphatic heterocycles. The molecule has 0 atom stereocenters. The topological polar surface area (TPSA) is 78.6 Å². The molecule has 0 radical (unpaired) electrons. The van der Waals surface area contributed by atoms with Crippen LogP contribution in [-0.4, -0.2) is 28.2 Å². The summed E-state index contributed by atoms with van der Waals surface area (Å²) in [7, 11) is -3.80. The van der Waals surface area contributed by atoms with E-state index in [1.54, 1.807) is 12.1 Å². The first-order valence-electron chi connectivity index (χ1n) is 5.48. The number of primary sulfonamides is 1. The van der Waals surface area contributed by atoms with E-state index in [2.05, 4.69) is 15.9 Å². The first-order chi connectivity index (χ1) is 8.45. The number of rotatable bonds is 7. The predicted octanol–water partition coefficient (Wildman–Crippen LogP) is 1.90. The maximum atomic E-state index is 11.4. The molecule has 102 valence electrons. The number of sulfonamides is 1. The molecule has 0 aliphatic carbocycles. The van der Waals surface area contributed by atoms with Gasteiger partial charge in [-0.2, -0.15) is 0 Å². The van der Waals surface area contributed by atoms with Crippen LogP contribution in [0.1, 0.15) is 13.3 Å². The van der Waals surface area contributed by atoms with Gasteiger partial charge in [-0.05, 0) is 24.6 Å². The van der Waals surface area contributed by atoms with Gasteiger partial charge in [0.25, 0.3) is 0 Å². The van der Waals surface area contributed by atoms with Gasteiger partial charge in [0, 0.05) is 11.1 Å². The van der Waals surface area contributed by atoms with Crippen LogP contribution in [0.5, 0.6) is 5.75 Å². The molecule has 0 amide bonds. The summed E-state index contributed by atoms with van der Waals surface area (Å²) < 4.78 is 34.0. The second kappa shape index (κ2) is 7.08. The van der Waals surface area contributed by atoms with Gasteiger partial charge in [0.2, 0.25) is 10.0 Å². The van der Waals surface area contributed by atoms with E-state index in [9.17, 15) is 8.42 Å². The maximum absolute atomic E-state index is 11.4. The highest BCUT2D eigenvalue weighted by Gasteiger charge is 2.15. The Labute approximate surface area is 115 Å². The largest absolute Gasteiger partial charge is 0.490 e. The minimum atomic E-state index is -3.80. The van der Waals surface area contributed by atoms with Crippen molar-refractivity contribution in [2.24, 2.45) is 5.14 Å². The third-order valence-corrected chi connectivity index (χ3v) is 3.47. The number of hydrogen-bond acceptors (Lipinski definition) is 4. The van der Waals surface area contributed by atoms with E-state index >= 15 is 0 Å². The van der Waals surface area contributed by atoms with Crippen molar-refractivity contribution in [2.75, 3.05) is 19.8 Å². The molecule has 0 heterocycles. The molecule has 5 nitrogen and oxygen atoms in total. The molecule has 0 unspecified atom stereocenters. The van der Waals surface area contributed by atoms with Crippen molar-refractivity contribution in [1.82, 2.24) is 0 Å². The highest BCUT2D eigenvalue weighted by molar-refractivity contribution is 9.10. The van der Waals surface area contributed by atoms with Gasteiger partial charge in [-0.15, -0.1) is 0 Å². The molecule has 1 aromatic carbocycles. The van der Waals surface area contributed by atoms with Crippen LogP contribution in [0.15, 0.2) is 27.6 Å². The van der Waals surface area contributed by atoms with Crippen LogP contribution < -0.4 is 9.88 Å². The molecule has 0 aromatic heterocycles. The lowest BCUT2D eigenvalue weighted by Gasteiger charge is -2.10. The summed E-state index contributed by atoms with van der Waals surface area (Å²) in [5.41, 5.74) is 0. The Morgan fingerprint density at radius 1 is 1.28 bits per heavy atom. The van der Waals surface area contributed by atoms with E-state index in [4.69, 9.17) is 14.6 Å². The van der Waals surface area contributed by atoms with Gasteiger partial charge >= 0.3 is 0 Å². The van der Waals surface area contributed by atoms with E-state index < -0.39 is 10.0 Å². The van der Waals surface area contributed by atoms with Gasteiger partial charge < -0.3 is 9.47 Å². The molecular formula is C11H16BrNO4S. The highest BCUT2D eigenvalue weighted by atomic mass is 79.9. The average Bonchev–Trinajstić information content (AvgIpc) is 2.29. The molecule has 7 heteroatoms. The van der Waals surface area contributed by atoms with E-state index in [1.807, 2.05) is 6.92 Å². The Morgan fingerprint density at radius 2 is 2.00 bits per heavy atom. The minimum absolute atomic E-state index is 0.0348. The van der Waals surface area contributed by atoms with E-state index in [0.717, 1.165) is 6.42 Å². The fourth-order valence-electron chi connectivity index (χ4n) is 1.28. The SMILES string of the molecule is CCCOCCOc1ccc(Br)cc1S(N)(=O)=O. The fourth-order valence-corrected chi connectivity index (χ4v) is 2.49. The third-order valence-electron chi connectivity index (χ3n) is 2.05. The molecule has 0 bridgehead atoms. The number of nitrogens with two attached hydrogens (primary N) is 1. The molecule has 0 aliphatic rings. The van der Waals surface area contributed by atoms with Crippen LogP contribution in [0.2, 0.25) is 0 Å². The van der Waals surface area contributed by atoms with Crippen LogP contribution in [0.3, 0.4) is 0 Å². The highest BCUT2D eigenvalue weighted by Crippen LogP contribution is 2.26. The van der Waals surface area contributed by atoms with Crippen molar-refractivity contribution in [1.29, 1.82) is 0 Å². The lowest BCUT2D eigenvalue weighted by Crippen LogP contribution is -2.15. The van der Waals surface area contributed by atoms with Crippen molar-refractivity contribution >= 4 is 26.0 Å². The minimum Gasteiger partial charge on any atom is -0.490 e. The zero-order chi connectivity index (χ0) is 13.6. The molecule has 0 spiro atoms. The Morgan fingerprint density at radius 3 is 2.61 bits per heavy atom. The number of benzene rings is 1. The van der Waals surface area contributed by atoms with Crippen molar-refractivity contribution < 1.29 is 17.9 Å². The molecule has 0 saturated heterocycles. The Hall–Kier alpha value is -0.630. The van der Waals surface area contributed by atoms with Crippen molar-refractivity contribution in [3.05, 3.63) is 22.7 Å². The summed E-state index contributed by atoms with van der Waals surface area (Å²) in [5, 5.41) is 5.12. The van der Waals surface area contributed by atoms with Gasteiger partial charge in [0.1, 0.15) is 17.3 Å². The molecular weight excluding hydrogens is 322 g/mol. The van der Waals surface area contributed by atoms with Crippen LogP contribution in [-0.2, 0) is 14.8 Å². The maximum Gasteiger partial charge on any atom is 0.241 e. The van der Waals surface area contributed by atoms with Gasteiger partial charge in [-0.25, -0.2) is 13.6 Å². The second-order valence-electron chi connectivity index (χ2n) is 3.60. The van der Waals surface area contributed by atoms with Crippen molar-refractivity contribution in [3.63, 3.8) is 0 Å². The summed E-state index contributed by atoms with van der Waals surface area (Å²) in [6.45, 7) is 3.36. The summed E-state index contributed by atoms with van der Waals surface area (Å²) in [4.78, 5) is -0.0348. The summed E-state index contributed by atoms with van der Waals surface area (Å²) in [6.07, 6.45) is 0.931. The number of ether oxygens (including phenoxy) is 2. The molecule has 0 saturated carbocycles. The molecule has 0 fully saturated rings. The lowest BCUT2D eigenvalue weighted by molar-refractivity contribution is 0.0996. The van der Waals surface area contributed by atoms with Gasteiger partial charge in [0.05, 0.1) is 6.61 Å². The predicted molar refractivity (Wildman–Crippen MR) is 72.1 cm³/mol. The Bertz CT molecular complexity index is 490. The summed E-state index contributed by atoms with van der Waals surface area (Å²) in [6, 6.07) is 4.66. The summed E-state index contributed by atoms with van der Waals surface area (Å²) >= 11 is 3.19. The first kappa shape index (κ1) is 15.4. The molecule has 18 heavy (non-hydrogen) atoms. The van der Waals surface area contributed by atoms with Crippen molar-refractivity contribution in [2.45, 2.75) is 18.2 Å². The first-order valence-corrected chi connectivity index (χ1v) is 7.82. The smallest absolute Gasteiger partial charge is 0.241 e. The molecule has 1 rings (SSSR count). The standard InChI is InChI=1S/C11H16BrNO4S/c1-2-5-16-6-7-17-10-4-3-9(12)8-11(10)18(13,14)15/h3-4,8H,2,5-7H2,1H3,(H2,13,14,15). The normalized spacial score (nSPS) is 11.5. The zero-order valence-corrected chi connectivity index (χ0v) is 12.5.